The van der Waals surface area contributed by atoms with Gasteiger partial charge in [-0.3, -0.25) is 4.79 Å². The van der Waals surface area contributed by atoms with Gasteiger partial charge in [-0.05, 0) is 23.8 Å². The minimum Gasteiger partial charge on any atom is -0.481 e. The highest BCUT2D eigenvalue weighted by Gasteiger charge is 2.21. The van der Waals surface area contributed by atoms with Gasteiger partial charge in [0.05, 0.1) is 6.42 Å². The van der Waals surface area contributed by atoms with E-state index in [-0.39, 0.29) is 11.8 Å². The molecule has 2 nitrogen and oxygen atoms in total. The van der Waals surface area contributed by atoms with Gasteiger partial charge in [0.25, 0.3) is 0 Å². The second kappa shape index (κ2) is 12.7. The van der Waals surface area contributed by atoms with Crippen molar-refractivity contribution in [3.8, 4) is 0 Å². The molecule has 0 bridgehead atoms. The van der Waals surface area contributed by atoms with E-state index in [1.807, 2.05) is 45.9 Å². The molecule has 0 aromatic heterocycles. The van der Waals surface area contributed by atoms with Crippen LogP contribution in [0.4, 0.5) is 0 Å². The minimum absolute atomic E-state index is 0.123. The third kappa shape index (κ3) is 13.1. The molecular weight excluding hydrogens is 248 g/mol. The first kappa shape index (κ1) is 21.0. The Morgan fingerprint density at radius 3 is 1.95 bits per heavy atom. The molecule has 1 aromatic rings. The molecule has 20 heavy (non-hydrogen) atoms. The number of hydrogen-bond donors (Lipinski definition) is 1. The second-order valence-electron chi connectivity index (χ2n) is 5.43. The summed E-state index contributed by atoms with van der Waals surface area (Å²) in [4.78, 5) is 10.6. The topological polar surface area (TPSA) is 37.3 Å². The van der Waals surface area contributed by atoms with E-state index in [9.17, 15) is 4.79 Å². The molecule has 0 radical (unpaired) electrons. The van der Waals surface area contributed by atoms with Crippen LogP contribution in [0.3, 0.4) is 0 Å². The molecule has 116 valence electrons. The van der Waals surface area contributed by atoms with Crippen molar-refractivity contribution in [1.29, 1.82) is 0 Å². The lowest BCUT2D eigenvalue weighted by atomic mass is 9.83. The number of benzene rings is 1. The molecule has 1 aromatic carbocycles. The van der Waals surface area contributed by atoms with Crippen molar-refractivity contribution in [3.05, 3.63) is 35.9 Å². The van der Waals surface area contributed by atoms with E-state index in [1.165, 1.54) is 12.0 Å². The Kier molecular flexibility index (Phi) is 13.3. The molecule has 0 spiro atoms. The summed E-state index contributed by atoms with van der Waals surface area (Å²) in [6, 6.07) is 10.2. The van der Waals surface area contributed by atoms with Crippen LogP contribution in [-0.2, 0) is 11.2 Å². The van der Waals surface area contributed by atoms with Gasteiger partial charge in [0.1, 0.15) is 0 Å². The van der Waals surface area contributed by atoms with Gasteiger partial charge in [-0.2, -0.15) is 0 Å². The number of carboxylic acid groups (broad SMARTS) is 1. The Morgan fingerprint density at radius 2 is 1.55 bits per heavy atom. The van der Waals surface area contributed by atoms with E-state index >= 15 is 0 Å². The maximum Gasteiger partial charge on any atom is 0.303 e. The molecule has 2 heteroatoms. The number of aliphatic carboxylic acids is 1. The van der Waals surface area contributed by atoms with Gasteiger partial charge in [0.15, 0.2) is 0 Å². The molecule has 1 rings (SSSR count). The fourth-order valence-corrected chi connectivity index (χ4v) is 1.63. The normalized spacial score (nSPS) is 9.70. The molecule has 0 amide bonds. The Labute approximate surface area is 125 Å². The van der Waals surface area contributed by atoms with E-state index in [0.29, 0.717) is 0 Å². The maximum atomic E-state index is 10.6. The number of rotatable bonds is 5. The van der Waals surface area contributed by atoms with Crippen LogP contribution < -0.4 is 0 Å². The molecule has 0 heterocycles. The SMILES string of the molecule is CC.CC(C)(CCc1ccccc1)CC(=O)O.CCC. The van der Waals surface area contributed by atoms with E-state index in [0.717, 1.165) is 12.8 Å². The summed E-state index contributed by atoms with van der Waals surface area (Å²) >= 11 is 0. The van der Waals surface area contributed by atoms with Crippen LogP contribution >= 0.6 is 0 Å². The van der Waals surface area contributed by atoms with Crippen LogP contribution in [0.15, 0.2) is 30.3 Å². The van der Waals surface area contributed by atoms with Crippen LogP contribution in [0.2, 0.25) is 0 Å². The molecule has 0 aliphatic rings. The molecule has 1 N–H and O–H groups in total. The Balaban J connectivity index is 0. The highest BCUT2D eigenvalue weighted by Crippen LogP contribution is 2.26. The van der Waals surface area contributed by atoms with Gasteiger partial charge >= 0.3 is 5.97 Å². The lowest BCUT2D eigenvalue weighted by Gasteiger charge is -2.22. The molecule has 0 saturated heterocycles. The average molecular weight is 280 g/mol. The molecule has 0 aliphatic carbocycles. The summed E-state index contributed by atoms with van der Waals surface area (Å²) in [7, 11) is 0. The van der Waals surface area contributed by atoms with Crippen LogP contribution in [0.25, 0.3) is 0 Å². The van der Waals surface area contributed by atoms with Gasteiger partial charge in [0.2, 0.25) is 0 Å². The van der Waals surface area contributed by atoms with Crippen molar-refractivity contribution in [2.24, 2.45) is 5.41 Å². The van der Waals surface area contributed by atoms with Gasteiger partial charge < -0.3 is 5.11 Å². The van der Waals surface area contributed by atoms with Gasteiger partial charge in [-0.15, -0.1) is 0 Å². The van der Waals surface area contributed by atoms with E-state index in [2.05, 4.69) is 26.0 Å². The average Bonchev–Trinajstić information content (AvgIpc) is 2.40. The summed E-state index contributed by atoms with van der Waals surface area (Å²) in [5, 5.41) is 8.75. The molecule has 0 atom stereocenters. The van der Waals surface area contributed by atoms with E-state index in [4.69, 9.17) is 5.11 Å². The van der Waals surface area contributed by atoms with E-state index in [1.54, 1.807) is 0 Å². The number of carbonyl (C=O) groups is 1. The first-order valence-corrected chi connectivity index (χ1v) is 7.67. The fraction of sp³-hybridized carbons (Fsp3) is 0.611. The fourth-order valence-electron chi connectivity index (χ4n) is 1.63. The summed E-state index contributed by atoms with van der Waals surface area (Å²) in [5.41, 5.74) is 1.15. The number of carboxylic acids is 1. The molecule has 0 saturated carbocycles. The van der Waals surface area contributed by atoms with Gasteiger partial charge in [0, 0.05) is 0 Å². The first-order chi connectivity index (χ1) is 9.41. The highest BCUT2D eigenvalue weighted by atomic mass is 16.4. The predicted molar refractivity (Wildman–Crippen MR) is 88.1 cm³/mol. The smallest absolute Gasteiger partial charge is 0.303 e. The Hall–Kier alpha value is -1.31. The maximum absolute atomic E-state index is 10.6. The van der Waals surface area contributed by atoms with Crippen molar-refractivity contribution in [3.63, 3.8) is 0 Å². The molecule has 0 fully saturated rings. The van der Waals surface area contributed by atoms with Gasteiger partial charge in [-0.25, -0.2) is 0 Å². The zero-order chi connectivity index (χ0) is 16.0. The van der Waals surface area contributed by atoms with Crippen LogP contribution in [0.5, 0.6) is 0 Å². The van der Waals surface area contributed by atoms with Crippen molar-refractivity contribution in [1.82, 2.24) is 0 Å². The number of aryl methyl sites for hydroxylation is 1. The first-order valence-electron chi connectivity index (χ1n) is 7.67. The predicted octanol–water partition coefficient (Wildman–Crippen LogP) is 5.56. The summed E-state index contributed by atoms with van der Waals surface area (Å²) < 4.78 is 0. The monoisotopic (exact) mass is 280 g/mol. The highest BCUT2D eigenvalue weighted by molar-refractivity contribution is 5.67. The summed E-state index contributed by atoms with van der Waals surface area (Å²) in [6.45, 7) is 12.3. The second-order valence-corrected chi connectivity index (χ2v) is 5.43. The van der Waals surface area contributed by atoms with Crippen molar-refractivity contribution >= 4 is 5.97 Å². The van der Waals surface area contributed by atoms with Gasteiger partial charge in [-0.1, -0.05) is 78.3 Å². The quantitative estimate of drug-likeness (QED) is 0.766. The minimum atomic E-state index is -0.715. The summed E-state index contributed by atoms with van der Waals surface area (Å²) in [5.74, 6) is -0.715. The largest absolute Gasteiger partial charge is 0.481 e. The number of hydrogen-bond acceptors (Lipinski definition) is 1. The van der Waals surface area contributed by atoms with Crippen LogP contribution in [0.1, 0.15) is 66.4 Å². The lowest BCUT2D eigenvalue weighted by Crippen LogP contribution is -2.17. The molecule has 0 aliphatic heterocycles. The third-order valence-corrected chi connectivity index (χ3v) is 2.56. The van der Waals surface area contributed by atoms with Crippen molar-refractivity contribution in [2.75, 3.05) is 0 Å². The zero-order valence-electron chi connectivity index (χ0n) is 14.1. The van der Waals surface area contributed by atoms with Crippen LogP contribution in [-0.4, -0.2) is 11.1 Å². The molecule has 0 unspecified atom stereocenters. The molecular formula is C18H32O2. The third-order valence-electron chi connectivity index (χ3n) is 2.56. The Morgan fingerprint density at radius 1 is 1.10 bits per heavy atom. The zero-order valence-corrected chi connectivity index (χ0v) is 14.1. The lowest BCUT2D eigenvalue weighted by molar-refractivity contribution is -0.139. The van der Waals surface area contributed by atoms with Crippen LogP contribution in [0, 0.1) is 5.41 Å². The van der Waals surface area contributed by atoms with E-state index < -0.39 is 5.97 Å². The Bertz CT molecular complexity index is 329. The van der Waals surface area contributed by atoms with Crippen molar-refractivity contribution in [2.45, 2.75) is 67.2 Å². The standard InChI is InChI=1S/C13H18O2.C3H8.C2H6/c1-13(2,10-12(14)15)9-8-11-6-4-3-5-7-11;1-3-2;1-2/h3-7H,8-10H2,1-2H3,(H,14,15);3H2,1-2H3;1-2H3. The summed E-state index contributed by atoms with van der Waals surface area (Å²) in [6.07, 6.45) is 3.34. The van der Waals surface area contributed by atoms with Crippen molar-refractivity contribution < 1.29 is 9.90 Å².